The Kier molecular flexibility index (Phi) is 8.27. The minimum Gasteiger partial charge on any atom is -0.385 e. The van der Waals surface area contributed by atoms with E-state index in [4.69, 9.17) is 20.3 Å². The molecule has 0 radical (unpaired) electrons. The summed E-state index contributed by atoms with van der Waals surface area (Å²) in [6.45, 7) is 0.743. The number of hydrogen-bond acceptors (Lipinski definition) is 4. The molecule has 1 aromatic rings. The standard InChI is InChI=1S/C19H32NO5P/c1-24-13-5-3-2-4-6-16-7-9-17(10-8-16)18-11-12-19(20,14-18)15-25-26(21,22)23/h7-10,18H,2-6,11-15,20H2,1H3,(H2,21,22,23)/t18-,19-/m0/s1. The van der Waals surface area contributed by atoms with Crippen LogP contribution in [0.5, 0.6) is 0 Å². The van der Waals surface area contributed by atoms with E-state index >= 15 is 0 Å². The third kappa shape index (κ3) is 7.47. The predicted molar refractivity (Wildman–Crippen MR) is 102 cm³/mol. The molecule has 0 spiro atoms. The average molecular weight is 385 g/mol. The van der Waals surface area contributed by atoms with E-state index in [1.807, 2.05) is 0 Å². The molecule has 148 valence electrons. The number of phosphoric acid groups is 1. The third-order valence-electron chi connectivity index (χ3n) is 5.18. The van der Waals surface area contributed by atoms with Gasteiger partial charge in [-0.1, -0.05) is 37.1 Å². The highest BCUT2D eigenvalue weighted by Crippen LogP contribution is 2.43. The first kappa shape index (κ1) is 21.5. The SMILES string of the molecule is COCCCCCCc1ccc([C@H]2CC[C@@](N)(COP(=O)(O)O)C2)cc1. The molecule has 1 aliphatic rings. The van der Waals surface area contributed by atoms with Crippen LogP contribution in [0.1, 0.15) is 62.0 Å². The highest BCUT2D eigenvalue weighted by atomic mass is 31.2. The van der Waals surface area contributed by atoms with Gasteiger partial charge in [0.1, 0.15) is 0 Å². The molecule has 2 atom stereocenters. The van der Waals surface area contributed by atoms with Crippen LogP contribution in [-0.2, 0) is 20.2 Å². The molecular weight excluding hydrogens is 353 g/mol. The number of aryl methyl sites for hydroxylation is 1. The monoisotopic (exact) mass is 385 g/mol. The molecule has 0 aliphatic heterocycles. The zero-order valence-corrected chi connectivity index (χ0v) is 16.5. The summed E-state index contributed by atoms with van der Waals surface area (Å²) in [5, 5.41) is 0. The van der Waals surface area contributed by atoms with E-state index in [1.165, 1.54) is 30.4 Å². The lowest BCUT2D eigenvalue weighted by molar-refractivity contribution is 0.153. The Morgan fingerprint density at radius 1 is 1.19 bits per heavy atom. The van der Waals surface area contributed by atoms with E-state index < -0.39 is 13.4 Å². The lowest BCUT2D eigenvalue weighted by Crippen LogP contribution is -2.41. The average Bonchev–Trinajstić information content (AvgIpc) is 2.99. The first-order valence-electron chi connectivity index (χ1n) is 9.38. The van der Waals surface area contributed by atoms with E-state index in [0.717, 1.165) is 25.9 Å². The van der Waals surface area contributed by atoms with Gasteiger partial charge in [-0.2, -0.15) is 0 Å². The maximum absolute atomic E-state index is 10.9. The minimum atomic E-state index is -4.47. The number of methoxy groups -OCH3 is 1. The molecule has 26 heavy (non-hydrogen) atoms. The first-order valence-corrected chi connectivity index (χ1v) is 10.9. The van der Waals surface area contributed by atoms with Crippen molar-refractivity contribution in [2.75, 3.05) is 20.3 Å². The van der Waals surface area contributed by atoms with Crippen molar-refractivity contribution in [3.05, 3.63) is 35.4 Å². The van der Waals surface area contributed by atoms with Gasteiger partial charge in [0.15, 0.2) is 0 Å². The number of nitrogens with two attached hydrogens (primary N) is 1. The molecule has 0 amide bonds. The van der Waals surface area contributed by atoms with Crippen LogP contribution in [0.2, 0.25) is 0 Å². The van der Waals surface area contributed by atoms with Crippen LogP contribution in [0.15, 0.2) is 24.3 Å². The van der Waals surface area contributed by atoms with Crippen LogP contribution in [0.3, 0.4) is 0 Å². The molecule has 1 aliphatic carbocycles. The van der Waals surface area contributed by atoms with Gasteiger partial charge in [0.05, 0.1) is 6.61 Å². The summed E-state index contributed by atoms with van der Waals surface area (Å²) in [7, 11) is -2.72. The summed E-state index contributed by atoms with van der Waals surface area (Å²) < 4.78 is 20.6. The molecule has 0 aromatic heterocycles. The summed E-state index contributed by atoms with van der Waals surface area (Å²) >= 11 is 0. The van der Waals surface area contributed by atoms with Gasteiger partial charge in [-0.05, 0) is 55.6 Å². The normalized spacial score (nSPS) is 23.5. The van der Waals surface area contributed by atoms with Crippen LogP contribution >= 0.6 is 7.82 Å². The van der Waals surface area contributed by atoms with Gasteiger partial charge in [0, 0.05) is 19.3 Å². The van der Waals surface area contributed by atoms with Gasteiger partial charge in [-0.25, -0.2) is 4.57 Å². The second-order valence-electron chi connectivity index (χ2n) is 7.46. The Bertz CT molecular complexity index is 588. The number of benzene rings is 1. The Hall–Kier alpha value is -0.750. The Balaban J connectivity index is 1.77. The van der Waals surface area contributed by atoms with Crippen molar-refractivity contribution in [1.29, 1.82) is 0 Å². The Labute approximate surface area is 156 Å². The highest BCUT2D eigenvalue weighted by Gasteiger charge is 2.38. The molecular formula is C19H32NO5P. The van der Waals surface area contributed by atoms with Crippen molar-refractivity contribution < 1.29 is 23.6 Å². The number of phosphoric ester groups is 1. The summed E-state index contributed by atoms with van der Waals surface area (Å²) in [6, 6.07) is 8.71. The van der Waals surface area contributed by atoms with Crippen LogP contribution in [0.4, 0.5) is 0 Å². The third-order valence-corrected chi connectivity index (χ3v) is 5.64. The number of rotatable bonds is 11. The second kappa shape index (κ2) is 9.98. The lowest BCUT2D eigenvalue weighted by Gasteiger charge is -2.24. The molecule has 0 heterocycles. The van der Waals surface area contributed by atoms with E-state index in [9.17, 15) is 4.57 Å². The Morgan fingerprint density at radius 2 is 1.88 bits per heavy atom. The van der Waals surface area contributed by atoms with Gasteiger partial charge in [-0.3, -0.25) is 4.52 Å². The number of ether oxygens (including phenoxy) is 1. The van der Waals surface area contributed by atoms with Crippen molar-refractivity contribution >= 4 is 7.82 Å². The molecule has 2 rings (SSSR count). The molecule has 0 saturated heterocycles. The zero-order chi connectivity index (χ0) is 19.0. The van der Waals surface area contributed by atoms with Crippen molar-refractivity contribution in [1.82, 2.24) is 0 Å². The van der Waals surface area contributed by atoms with Crippen LogP contribution in [-0.4, -0.2) is 35.6 Å². The van der Waals surface area contributed by atoms with Crippen molar-refractivity contribution in [3.8, 4) is 0 Å². The van der Waals surface area contributed by atoms with Gasteiger partial charge in [0.2, 0.25) is 0 Å². The molecule has 0 unspecified atom stereocenters. The predicted octanol–water partition coefficient (Wildman–Crippen LogP) is 3.51. The zero-order valence-electron chi connectivity index (χ0n) is 15.6. The molecule has 1 aromatic carbocycles. The highest BCUT2D eigenvalue weighted by molar-refractivity contribution is 7.46. The van der Waals surface area contributed by atoms with Gasteiger partial charge >= 0.3 is 7.82 Å². The molecule has 7 heteroatoms. The number of hydrogen-bond donors (Lipinski definition) is 3. The fraction of sp³-hybridized carbons (Fsp3) is 0.684. The van der Waals surface area contributed by atoms with Crippen LogP contribution < -0.4 is 5.73 Å². The molecule has 1 fully saturated rings. The first-order chi connectivity index (χ1) is 12.3. The van der Waals surface area contributed by atoms with Gasteiger partial charge in [0.25, 0.3) is 0 Å². The molecule has 1 saturated carbocycles. The quantitative estimate of drug-likeness (QED) is 0.398. The van der Waals surface area contributed by atoms with E-state index in [0.29, 0.717) is 18.8 Å². The van der Waals surface area contributed by atoms with Crippen LogP contribution in [0.25, 0.3) is 0 Å². The summed E-state index contributed by atoms with van der Waals surface area (Å²) in [6.07, 6.45) is 8.16. The summed E-state index contributed by atoms with van der Waals surface area (Å²) in [4.78, 5) is 17.7. The molecule has 6 nitrogen and oxygen atoms in total. The molecule has 0 bridgehead atoms. The fourth-order valence-corrected chi connectivity index (χ4v) is 4.10. The summed E-state index contributed by atoms with van der Waals surface area (Å²) in [5.74, 6) is 0.323. The van der Waals surface area contributed by atoms with Gasteiger partial charge < -0.3 is 20.3 Å². The molecule has 4 N–H and O–H groups in total. The van der Waals surface area contributed by atoms with Gasteiger partial charge in [-0.15, -0.1) is 0 Å². The number of unbranched alkanes of at least 4 members (excludes halogenated alkanes) is 3. The van der Waals surface area contributed by atoms with E-state index in [1.54, 1.807) is 7.11 Å². The fourth-order valence-electron chi connectivity index (χ4n) is 3.67. The Morgan fingerprint density at radius 3 is 2.54 bits per heavy atom. The second-order valence-corrected chi connectivity index (χ2v) is 8.70. The van der Waals surface area contributed by atoms with Crippen molar-refractivity contribution in [2.45, 2.75) is 62.8 Å². The van der Waals surface area contributed by atoms with Crippen molar-refractivity contribution in [2.24, 2.45) is 5.73 Å². The maximum atomic E-state index is 10.9. The van der Waals surface area contributed by atoms with E-state index in [-0.39, 0.29) is 6.61 Å². The minimum absolute atomic E-state index is 0.102. The topological polar surface area (TPSA) is 102 Å². The van der Waals surface area contributed by atoms with E-state index in [2.05, 4.69) is 28.8 Å². The maximum Gasteiger partial charge on any atom is 0.469 e. The van der Waals surface area contributed by atoms with Crippen molar-refractivity contribution in [3.63, 3.8) is 0 Å². The lowest BCUT2D eigenvalue weighted by atomic mass is 9.92. The summed E-state index contributed by atoms with van der Waals surface area (Å²) in [5.41, 5.74) is 8.20. The smallest absolute Gasteiger partial charge is 0.385 e. The van der Waals surface area contributed by atoms with Crippen LogP contribution in [0, 0.1) is 0 Å². The largest absolute Gasteiger partial charge is 0.469 e.